The number of thioether (sulfide) groups is 1. The molecule has 0 aliphatic rings. The fraction of sp³-hybridized carbons (Fsp3) is 0.810. The standard InChI is InChI=1S/C21H36N2O4S/c1-18(2)7-5-9-21(28-17-22)27-16-15-26-14-13-25-12-10-20(24)23-11-6-8-19(3)4/h18-19,21H,5,7,9-16H2,1-4H3,(H,23,24). The number of nitriles is 1. The highest BCUT2D eigenvalue weighted by Gasteiger charge is 2.10. The van der Waals surface area contributed by atoms with Gasteiger partial charge in [0.2, 0.25) is 5.91 Å². The van der Waals surface area contributed by atoms with Crippen molar-refractivity contribution in [2.24, 2.45) is 11.8 Å². The van der Waals surface area contributed by atoms with Crippen LogP contribution in [0, 0.1) is 34.3 Å². The number of carbonyl (C=O) groups is 1. The lowest BCUT2D eigenvalue weighted by Gasteiger charge is -2.15. The average Bonchev–Trinajstić information content (AvgIpc) is 2.63. The normalized spacial score (nSPS) is 11.8. The fourth-order valence-electron chi connectivity index (χ4n) is 2.14. The van der Waals surface area contributed by atoms with Gasteiger partial charge in [-0.1, -0.05) is 46.0 Å². The Morgan fingerprint density at radius 1 is 1.04 bits per heavy atom. The van der Waals surface area contributed by atoms with Crippen molar-refractivity contribution in [2.45, 2.75) is 58.8 Å². The Bertz CT molecular complexity index is 495. The maximum atomic E-state index is 11.6. The van der Waals surface area contributed by atoms with Gasteiger partial charge in [0.15, 0.2) is 0 Å². The monoisotopic (exact) mass is 412 g/mol. The van der Waals surface area contributed by atoms with Crippen molar-refractivity contribution in [1.29, 1.82) is 5.26 Å². The van der Waals surface area contributed by atoms with Crippen LogP contribution in [0.2, 0.25) is 0 Å². The fourth-order valence-corrected chi connectivity index (χ4v) is 2.71. The summed E-state index contributed by atoms with van der Waals surface area (Å²) in [5, 5.41) is 13.7. The minimum atomic E-state index is -0.0904. The van der Waals surface area contributed by atoms with Crippen molar-refractivity contribution in [2.75, 3.05) is 39.6 Å². The second kappa shape index (κ2) is 19.1. The van der Waals surface area contributed by atoms with Crippen molar-refractivity contribution in [3.63, 3.8) is 0 Å². The van der Waals surface area contributed by atoms with E-state index in [1.165, 1.54) is 11.8 Å². The Morgan fingerprint density at radius 3 is 2.36 bits per heavy atom. The predicted molar refractivity (Wildman–Crippen MR) is 114 cm³/mol. The van der Waals surface area contributed by atoms with Crippen LogP contribution >= 0.6 is 11.8 Å². The summed E-state index contributed by atoms with van der Waals surface area (Å²) in [6.45, 7) is 11.0. The van der Waals surface area contributed by atoms with E-state index in [1.807, 2.05) is 13.8 Å². The molecule has 0 rings (SSSR count). The van der Waals surface area contributed by atoms with Gasteiger partial charge < -0.3 is 19.5 Å². The molecule has 0 aromatic rings. The van der Waals surface area contributed by atoms with E-state index in [1.54, 1.807) is 0 Å². The molecule has 0 spiro atoms. The van der Waals surface area contributed by atoms with Crippen LogP contribution in [0.25, 0.3) is 0 Å². The number of amides is 1. The van der Waals surface area contributed by atoms with Crippen LogP contribution in [0.3, 0.4) is 0 Å². The van der Waals surface area contributed by atoms with Crippen molar-refractivity contribution in [3.8, 4) is 17.2 Å². The van der Waals surface area contributed by atoms with Gasteiger partial charge in [0.1, 0.15) is 10.8 Å². The molecular weight excluding hydrogens is 376 g/mol. The SMILES string of the molecule is CC(C)C#CCNC(=O)CCOCCOCCOC(CCCC(C)C)SC#N. The number of nitrogens with zero attached hydrogens (tertiary/aromatic N) is 1. The summed E-state index contributed by atoms with van der Waals surface area (Å²) in [6.07, 6.45) is 3.40. The summed E-state index contributed by atoms with van der Waals surface area (Å²) in [7, 11) is 0. The van der Waals surface area contributed by atoms with Crippen LogP contribution in [0.1, 0.15) is 53.4 Å². The smallest absolute Gasteiger partial charge is 0.223 e. The minimum absolute atomic E-state index is 0.0640. The molecule has 28 heavy (non-hydrogen) atoms. The van der Waals surface area contributed by atoms with E-state index >= 15 is 0 Å². The summed E-state index contributed by atoms with van der Waals surface area (Å²) < 4.78 is 16.5. The molecule has 0 aromatic carbocycles. The Balaban J connectivity index is 3.54. The van der Waals surface area contributed by atoms with Gasteiger partial charge in [-0.3, -0.25) is 4.79 Å². The Hall–Kier alpha value is -1.25. The zero-order chi connectivity index (χ0) is 21.0. The molecular formula is C21H36N2O4S. The van der Waals surface area contributed by atoms with Gasteiger partial charge >= 0.3 is 0 Å². The molecule has 0 radical (unpaired) electrons. The molecule has 0 heterocycles. The molecule has 0 aromatic heterocycles. The van der Waals surface area contributed by atoms with Gasteiger partial charge in [-0.25, -0.2) is 0 Å². The number of nitrogens with one attached hydrogen (secondary N) is 1. The van der Waals surface area contributed by atoms with E-state index in [2.05, 4.69) is 36.4 Å². The quantitative estimate of drug-likeness (QED) is 0.181. The van der Waals surface area contributed by atoms with Gasteiger partial charge in [-0.2, -0.15) is 5.26 Å². The maximum absolute atomic E-state index is 11.6. The first-order valence-corrected chi connectivity index (χ1v) is 10.9. The summed E-state index contributed by atoms with van der Waals surface area (Å²) in [4.78, 5) is 11.6. The third kappa shape index (κ3) is 19.5. The first kappa shape index (κ1) is 26.8. The van der Waals surface area contributed by atoms with E-state index in [0.29, 0.717) is 57.8 Å². The second-order valence-corrected chi connectivity index (χ2v) is 8.01. The Labute approximate surface area is 175 Å². The lowest BCUT2D eigenvalue weighted by molar-refractivity contribution is -0.122. The first-order valence-electron chi connectivity index (χ1n) is 10.0. The van der Waals surface area contributed by atoms with Gasteiger partial charge in [-0.15, -0.1) is 0 Å². The van der Waals surface area contributed by atoms with Crippen LogP contribution < -0.4 is 5.32 Å². The molecule has 1 N–H and O–H groups in total. The zero-order valence-electron chi connectivity index (χ0n) is 17.8. The molecule has 7 heteroatoms. The highest BCUT2D eigenvalue weighted by molar-refractivity contribution is 8.04. The van der Waals surface area contributed by atoms with Crippen molar-refractivity contribution in [1.82, 2.24) is 5.32 Å². The lowest BCUT2D eigenvalue weighted by Crippen LogP contribution is -2.25. The average molecular weight is 413 g/mol. The predicted octanol–water partition coefficient (Wildman–Crippen LogP) is 3.57. The number of hydrogen-bond donors (Lipinski definition) is 1. The third-order valence-electron chi connectivity index (χ3n) is 3.55. The van der Waals surface area contributed by atoms with Crippen LogP contribution in [0.15, 0.2) is 0 Å². The highest BCUT2D eigenvalue weighted by Crippen LogP contribution is 2.19. The number of ether oxygens (including phenoxy) is 3. The number of hydrogen-bond acceptors (Lipinski definition) is 6. The molecule has 0 saturated heterocycles. The Morgan fingerprint density at radius 2 is 1.71 bits per heavy atom. The summed E-state index contributed by atoms with van der Waals surface area (Å²) in [5.74, 6) is 6.81. The molecule has 160 valence electrons. The molecule has 0 saturated carbocycles. The summed E-state index contributed by atoms with van der Waals surface area (Å²) >= 11 is 1.17. The first-order chi connectivity index (χ1) is 13.5. The lowest BCUT2D eigenvalue weighted by atomic mass is 10.1. The zero-order valence-corrected chi connectivity index (χ0v) is 18.6. The van der Waals surface area contributed by atoms with E-state index in [9.17, 15) is 4.79 Å². The molecule has 6 nitrogen and oxygen atoms in total. The molecule has 0 fully saturated rings. The molecule has 0 aliphatic heterocycles. The van der Waals surface area contributed by atoms with E-state index in [4.69, 9.17) is 19.5 Å². The van der Waals surface area contributed by atoms with Gasteiger partial charge in [0.05, 0.1) is 39.6 Å². The van der Waals surface area contributed by atoms with Gasteiger partial charge in [-0.05, 0) is 30.5 Å². The van der Waals surface area contributed by atoms with Crippen LogP contribution in [0.5, 0.6) is 0 Å². The largest absolute Gasteiger partial charge is 0.379 e. The molecule has 1 unspecified atom stereocenters. The van der Waals surface area contributed by atoms with Crippen LogP contribution in [0.4, 0.5) is 0 Å². The van der Waals surface area contributed by atoms with E-state index in [0.717, 1.165) is 19.3 Å². The van der Waals surface area contributed by atoms with E-state index in [-0.39, 0.29) is 11.3 Å². The molecule has 1 amide bonds. The number of carbonyl (C=O) groups excluding carboxylic acids is 1. The second-order valence-electron chi connectivity index (χ2n) is 7.06. The van der Waals surface area contributed by atoms with Crippen LogP contribution in [-0.2, 0) is 19.0 Å². The van der Waals surface area contributed by atoms with E-state index < -0.39 is 0 Å². The highest BCUT2D eigenvalue weighted by atomic mass is 32.2. The minimum Gasteiger partial charge on any atom is -0.379 e. The third-order valence-corrected chi connectivity index (χ3v) is 4.29. The van der Waals surface area contributed by atoms with Crippen molar-refractivity contribution in [3.05, 3.63) is 0 Å². The van der Waals surface area contributed by atoms with Crippen molar-refractivity contribution >= 4 is 17.7 Å². The number of thiocyanates is 1. The number of rotatable bonds is 16. The van der Waals surface area contributed by atoms with Crippen LogP contribution in [-0.4, -0.2) is 50.9 Å². The summed E-state index contributed by atoms with van der Waals surface area (Å²) in [6, 6.07) is 0. The Kier molecular flexibility index (Phi) is 18.2. The van der Waals surface area contributed by atoms with Crippen molar-refractivity contribution < 1.29 is 19.0 Å². The molecule has 1 atom stereocenters. The van der Waals surface area contributed by atoms with Gasteiger partial charge in [0.25, 0.3) is 0 Å². The molecule has 0 bridgehead atoms. The maximum Gasteiger partial charge on any atom is 0.223 e. The topological polar surface area (TPSA) is 80.6 Å². The molecule has 0 aliphatic carbocycles. The summed E-state index contributed by atoms with van der Waals surface area (Å²) in [5.41, 5.74) is -0.0904. The van der Waals surface area contributed by atoms with Gasteiger partial charge in [0, 0.05) is 12.3 Å².